The van der Waals surface area contributed by atoms with Gasteiger partial charge < -0.3 is 0 Å². The number of benzene rings is 2. The van der Waals surface area contributed by atoms with E-state index < -0.39 is 6.70 Å². The molecule has 2 aromatic carbocycles. The topological polar surface area (TPSA) is 0 Å². The van der Waals surface area contributed by atoms with Gasteiger partial charge in [0.15, 0.2) is 0 Å². The zero-order chi connectivity index (χ0) is 13.2. The standard InChI is InChI=1S/C12H10P.C4H10.Ni/c1-3-7-11(8-4-1)13-12-9-5-2-6-10-12;1-3-4-2;/h1-10H;3-4H2,1-2H3;/q-1;;+1. The number of unbranched alkanes of at least 4 members (excludes halogenated alkanes) is 1. The van der Waals surface area contributed by atoms with Gasteiger partial charge in [-0.3, -0.25) is 0 Å². The molecule has 0 aromatic heterocycles. The fraction of sp³-hybridized carbons (Fsp3) is 0.250. The van der Waals surface area contributed by atoms with E-state index in [0.29, 0.717) is 0 Å². The molecule has 0 aliphatic carbocycles. The van der Waals surface area contributed by atoms with E-state index in [-0.39, 0.29) is 0 Å². The van der Waals surface area contributed by atoms with Gasteiger partial charge in [-0.05, 0) is 0 Å². The quantitative estimate of drug-likeness (QED) is 0.583. The zero-order valence-corrected chi connectivity index (χ0v) is 12.8. The van der Waals surface area contributed by atoms with E-state index in [4.69, 9.17) is 15.0 Å². The van der Waals surface area contributed by atoms with Crippen LogP contribution in [0.3, 0.4) is 0 Å². The average molecular weight is 302 g/mol. The molecule has 0 nitrogen and oxygen atoms in total. The summed E-state index contributed by atoms with van der Waals surface area (Å²) >= 11 is 5.21. The van der Waals surface area contributed by atoms with E-state index in [1.807, 2.05) is 36.4 Å². The van der Waals surface area contributed by atoms with Crippen LogP contribution in [0, 0.1) is 0 Å². The first-order valence-corrected chi connectivity index (χ1v) is 8.83. The van der Waals surface area contributed by atoms with Crippen molar-refractivity contribution in [2.24, 2.45) is 0 Å². The van der Waals surface area contributed by atoms with Crippen LogP contribution in [0.25, 0.3) is 0 Å². The maximum atomic E-state index is 5.21. The molecule has 0 saturated heterocycles. The van der Waals surface area contributed by atoms with Crippen LogP contribution in [0.4, 0.5) is 0 Å². The summed E-state index contributed by atoms with van der Waals surface area (Å²) in [6.45, 7) is 3.82. The van der Waals surface area contributed by atoms with Crippen molar-refractivity contribution < 1.29 is 15.0 Å². The molecule has 0 radical (unpaired) electrons. The summed E-state index contributed by atoms with van der Waals surface area (Å²) < 4.78 is 0. The van der Waals surface area contributed by atoms with E-state index in [2.05, 4.69) is 38.1 Å². The van der Waals surface area contributed by atoms with Gasteiger partial charge in [-0.25, -0.2) is 0 Å². The van der Waals surface area contributed by atoms with Crippen LogP contribution in [0.5, 0.6) is 0 Å². The molecule has 0 saturated carbocycles. The van der Waals surface area contributed by atoms with Gasteiger partial charge >= 0.3 is 93.0 Å². The second kappa shape index (κ2) is 9.31. The third-order valence-corrected chi connectivity index (χ3v) is 5.40. The Labute approximate surface area is 120 Å². The van der Waals surface area contributed by atoms with E-state index in [9.17, 15) is 0 Å². The van der Waals surface area contributed by atoms with Crippen LogP contribution in [-0.2, 0) is 15.0 Å². The minimum absolute atomic E-state index is 0.546. The van der Waals surface area contributed by atoms with Gasteiger partial charge in [-0.2, -0.15) is 0 Å². The molecule has 18 heavy (non-hydrogen) atoms. The Balaban J connectivity index is 0.000000357. The molecular formula is C16H20NiP. The van der Waals surface area contributed by atoms with Gasteiger partial charge in [0.1, 0.15) is 0 Å². The normalized spacial score (nSPS) is 9.83. The SMILES string of the molecule is CCCC.[Ni][P](c1ccccc1)c1ccccc1. The van der Waals surface area contributed by atoms with E-state index >= 15 is 0 Å². The Morgan fingerprint density at radius 1 is 0.722 bits per heavy atom. The van der Waals surface area contributed by atoms with E-state index in [1.165, 1.54) is 23.5 Å². The first-order valence-electron chi connectivity index (χ1n) is 6.32. The number of hydrogen-bond donors (Lipinski definition) is 0. The molecule has 0 aliphatic heterocycles. The molecule has 0 atom stereocenters. The Kier molecular flexibility index (Phi) is 7.98. The molecule has 0 N–H and O–H groups in total. The molecular weight excluding hydrogens is 282 g/mol. The molecule has 2 aromatic rings. The van der Waals surface area contributed by atoms with Gasteiger partial charge in [0.05, 0.1) is 0 Å². The fourth-order valence-corrected chi connectivity index (χ4v) is 3.26. The van der Waals surface area contributed by atoms with Gasteiger partial charge in [0.25, 0.3) is 0 Å². The summed E-state index contributed by atoms with van der Waals surface area (Å²) in [6, 6.07) is 20.7. The molecule has 0 heterocycles. The summed E-state index contributed by atoms with van der Waals surface area (Å²) in [4.78, 5) is 0. The summed E-state index contributed by atoms with van der Waals surface area (Å²) in [5.74, 6) is 0. The van der Waals surface area contributed by atoms with Gasteiger partial charge in [-0.1, -0.05) is 26.7 Å². The third-order valence-electron chi connectivity index (χ3n) is 2.43. The van der Waals surface area contributed by atoms with Crippen LogP contribution in [0.2, 0.25) is 0 Å². The van der Waals surface area contributed by atoms with Crippen LogP contribution in [-0.4, -0.2) is 0 Å². The Hall–Kier alpha value is -0.636. The third kappa shape index (κ3) is 5.34. The monoisotopic (exact) mass is 301 g/mol. The van der Waals surface area contributed by atoms with Crippen LogP contribution in [0.15, 0.2) is 60.7 Å². The summed E-state index contributed by atoms with van der Waals surface area (Å²) in [6.07, 6.45) is 2.64. The molecule has 0 spiro atoms. The van der Waals surface area contributed by atoms with Crippen molar-refractivity contribution in [1.82, 2.24) is 0 Å². The Morgan fingerprint density at radius 2 is 1.06 bits per heavy atom. The van der Waals surface area contributed by atoms with Crippen LogP contribution in [0.1, 0.15) is 26.7 Å². The molecule has 0 fully saturated rings. The second-order valence-corrected chi connectivity index (χ2v) is 6.79. The Bertz CT molecular complexity index is 372. The van der Waals surface area contributed by atoms with Crippen molar-refractivity contribution in [3.05, 3.63) is 60.7 Å². The van der Waals surface area contributed by atoms with Gasteiger partial charge in [-0.15, -0.1) is 0 Å². The number of rotatable bonds is 3. The van der Waals surface area contributed by atoms with E-state index in [0.717, 1.165) is 0 Å². The molecule has 2 heteroatoms. The predicted octanol–water partition coefficient (Wildman–Crippen LogP) is 4.39. The van der Waals surface area contributed by atoms with Crippen molar-refractivity contribution in [2.75, 3.05) is 0 Å². The first-order chi connectivity index (χ1) is 8.79. The molecule has 99 valence electrons. The van der Waals surface area contributed by atoms with Crippen molar-refractivity contribution in [1.29, 1.82) is 0 Å². The zero-order valence-electron chi connectivity index (χ0n) is 11.0. The van der Waals surface area contributed by atoms with Crippen molar-refractivity contribution in [2.45, 2.75) is 26.7 Å². The molecule has 0 amide bonds. The van der Waals surface area contributed by atoms with Crippen LogP contribution < -0.4 is 10.6 Å². The Morgan fingerprint density at radius 3 is 1.33 bits per heavy atom. The first kappa shape index (κ1) is 15.4. The maximum absolute atomic E-state index is 5.21. The summed E-state index contributed by atoms with van der Waals surface area (Å²) in [5.41, 5.74) is 0. The number of hydrogen-bond acceptors (Lipinski definition) is 0. The van der Waals surface area contributed by atoms with Crippen molar-refractivity contribution in [3.8, 4) is 0 Å². The van der Waals surface area contributed by atoms with Gasteiger partial charge in [0.2, 0.25) is 0 Å². The van der Waals surface area contributed by atoms with Crippen molar-refractivity contribution in [3.63, 3.8) is 0 Å². The molecule has 0 unspecified atom stereocenters. The summed E-state index contributed by atoms with van der Waals surface area (Å²) in [7, 11) is 0. The molecule has 0 aliphatic rings. The predicted molar refractivity (Wildman–Crippen MR) is 79.7 cm³/mol. The minimum atomic E-state index is -0.546. The molecule has 0 bridgehead atoms. The molecule has 2 rings (SSSR count). The van der Waals surface area contributed by atoms with Crippen LogP contribution >= 0.6 is 6.70 Å². The summed E-state index contributed by atoms with van der Waals surface area (Å²) in [5, 5.41) is 2.54. The van der Waals surface area contributed by atoms with Crippen molar-refractivity contribution >= 4 is 17.3 Å². The van der Waals surface area contributed by atoms with Gasteiger partial charge in [0, 0.05) is 0 Å². The van der Waals surface area contributed by atoms with E-state index in [1.54, 1.807) is 0 Å². The average Bonchev–Trinajstić information content (AvgIpc) is 2.48. The second-order valence-electron chi connectivity index (χ2n) is 3.92. The fourth-order valence-electron chi connectivity index (χ4n) is 1.25.